The maximum absolute atomic E-state index is 12.5. The molecule has 0 bridgehead atoms. The van der Waals surface area contributed by atoms with Crippen molar-refractivity contribution >= 4 is 17.3 Å². The van der Waals surface area contributed by atoms with E-state index in [4.69, 9.17) is 4.74 Å². The summed E-state index contributed by atoms with van der Waals surface area (Å²) in [6.45, 7) is -0.120. The largest absolute Gasteiger partial charge is 0.493 e. The van der Waals surface area contributed by atoms with E-state index in [-0.39, 0.29) is 24.0 Å². The normalized spacial score (nSPS) is 14.1. The van der Waals surface area contributed by atoms with Gasteiger partial charge in [0.15, 0.2) is 11.5 Å². The summed E-state index contributed by atoms with van der Waals surface area (Å²) in [7, 11) is 3.21. The van der Waals surface area contributed by atoms with Gasteiger partial charge >= 0.3 is 6.61 Å². The molecule has 1 heterocycles. The monoisotopic (exact) mass is 433 g/mol. The standard InChI is InChI=1S/C23H29F2N3O3/c1-27(15-17-6-11-20(31-23(24)25)21(14-17)30-2)16-22(29)26-18-7-9-19(10-8-18)28-12-4-3-5-13-28/h6-11,14,23H,3-5,12-13,15-16H2,1-2H3,(H,26,29). The molecule has 1 fully saturated rings. The van der Waals surface area contributed by atoms with Crippen molar-refractivity contribution in [3.63, 3.8) is 0 Å². The number of carbonyl (C=O) groups is 1. The van der Waals surface area contributed by atoms with Crippen LogP contribution in [0, 0.1) is 0 Å². The van der Waals surface area contributed by atoms with Crippen LogP contribution in [0.4, 0.5) is 20.2 Å². The van der Waals surface area contributed by atoms with E-state index >= 15 is 0 Å². The molecule has 2 aromatic carbocycles. The molecular formula is C23H29F2N3O3. The highest BCUT2D eigenvalue weighted by Crippen LogP contribution is 2.29. The summed E-state index contributed by atoms with van der Waals surface area (Å²) < 4.78 is 34.5. The summed E-state index contributed by atoms with van der Waals surface area (Å²) in [5, 5.41) is 2.91. The predicted octanol–water partition coefficient (Wildman–Crippen LogP) is 4.36. The Bertz CT molecular complexity index is 856. The first-order valence-corrected chi connectivity index (χ1v) is 10.4. The summed E-state index contributed by atoms with van der Waals surface area (Å²) in [5.41, 5.74) is 2.76. The van der Waals surface area contributed by atoms with E-state index < -0.39 is 6.61 Å². The molecule has 0 radical (unpaired) electrons. The van der Waals surface area contributed by atoms with Crippen LogP contribution in [0.5, 0.6) is 11.5 Å². The van der Waals surface area contributed by atoms with Crippen LogP contribution >= 0.6 is 0 Å². The molecule has 168 valence electrons. The van der Waals surface area contributed by atoms with Gasteiger partial charge in [0, 0.05) is 31.0 Å². The third-order valence-electron chi connectivity index (χ3n) is 5.18. The van der Waals surface area contributed by atoms with Crippen LogP contribution in [0.2, 0.25) is 0 Å². The Balaban J connectivity index is 1.51. The maximum atomic E-state index is 12.5. The Morgan fingerprint density at radius 3 is 2.45 bits per heavy atom. The number of nitrogens with zero attached hydrogens (tertiary/aromatic N) is 2. The number of amides is 1. The van der Waals surface area contributed by atoms with Gasteiger partial charge in [0.05, 0.1) is 13.7 Å². The molecule has 0 saturated carbocycles. The SMILES string of the molecule is COc1cc(CN(C)CC(=O)Nc2ccc(N3CCCCC3)cc2)ccc1OC(F)F. The maximum Gasteiger partial charge on any atom is 0.387 e. The molecule has 1 aliphatic heterocycles. The summed E-state index contributed by atoms with van der Waals surface area (Å²) in [6.07, 6.45) is 3.73. The highest BCUT2D eigenvalue weighted by atomic mass is 19.3. The number of halogens is 2. The van der Waals surface area contributed by atoms with Crippen LogP contribution in [0.15, 0.2) is 42.5 Å². The minimum absolute atomic E-state index is 0.0188. The first-order valence-electron chi connectivity index (χ1n) is 10.4. The molecule has 31 heavy (non-hydrogen) atoms. The molecule has 0 spiro atoms. The molecule has 1 N–H and O–H groups in total. The van der Waals surface area contributed by atoms with Crippen molar-refractivity contribution in [1.82, 2.24) is 4.90 Å². The quantitative estimate of drug-likeness (QED) is 0.637. The lowest BCUT2D eigenvalue weighted by atomic mass is 10.1. The lowest BCUT2D eigenvalue weighted by molar-refractivity contribution is -0.117. The van der Waals surface area contributed by atoms with Gasteiger partial charge < -0.3 is 19.7 Å². The van der Waals surface area contributed by atoms with Crippen molar-refractivity contribution in [1.29, 1.82) is 0 Å². The van der Waals surface area contributed by atoms with Crippen LogP contribution in [-0.4, -0.2) is 51.2 Å². The van der Waals surface area contributed by atoms with Crippen LogP contribution in [0.3, 0.4) is 0 Å². The van der Waals surface area contributed by atoms with Crippen molar-refractivity contribution in [2.24, 2.45) is 0 Å². The number of carbonyl (C=O) groups excluding carboxylic acids is 1. The number of anilines is 2. The van der Waals surface area contributed by atoms with Gasteiger partial charge in [-0.2, -0.15) is 8.78 Å². The molecule has 1 aliphatic rings. The Morgan fingerprint density at radius 2 is 1.81 bits per heavy atom. The topological polar surface area (TPSA) is 54.0 Å². The number of benzene rings is 2. The van der Waals surface area contributed by atoms with Gasteiger partial charge in [0.2, 0.25) is 5.91 Å². The average Bonchev–Trinajstić information content (AvgIpc) is 2.75. The Labute approximate surface area is 181 Å². The minimum atomic E-state index is -2.92. The lowest BCUT2D eigenvalue weighted by Gasteiger charge is -2.28. The molecule has 0 aliphatic carbocycles. The molecule has 8 heteroatoms. The van der Waals surface area contributed by atoms with Gasteiger partial charge in [-0.05, 0) is 68.3 Å². The molecule has 0 atom stereocenters. The third-order valence-corrected chi connectivity index (χ3v) is 5.18. The van der Waals surface area contributed by atoms with Crippen LogP contribution in [0.1, 0.15) is 24.8 Å². The Hall–Kier alpha value is -2.87. The van der Waals surface area contributed by atoms with Gasteiger partial charge in [0.25, 0.3) is 0 Å². The van der Waals surface area contributed by atoms with E-state index in [0.717, 1.165) is 24.3 Å². The van der Waals surface area contributed by atoms with Gasteiger partial charge in [0.1, 0.15) is 0 Å². The highest BCUT2D eigenvalue weighted by molar-refractivity contribution is 5.92. The lowest BCUT2D eigenvalue weighted by Crippen LogP contribution is -2.30. The fourth-order valence-corrected chi connectivity index (χ4v) is 3.72. The molecule has 6 nitrogen and oxygen atoms in total. The molecular weight excluding hydrogens is 404 g/mol. The van der Waals surface area contributed by atoms with Crippen molar-refractivity contribution in [2.75, 3.05) is 44.0 Å². The van der Waals surface area contributed by atoms with Crippen LogP contribution < -0.4 is 19.7 Å². The van der Waals surface area contributed by atoms with Gasteiger partial charge in [-0.15, -0.1) is 0 Å². The van der Waals surface area contributed by atoms with Crippen LogP contribution in [0.25, 0.3) is 0 Å². The first-order chi connectivity index (χ1) is 14.9. The first kappa shape index (κ1) is 22.8. The van der Waals surface area contributed by atoms with Crippen molar-refractivity contribution in [2.45, 2.75) is 32.4 Å². The van der Waals surface area contributed by atoms with E-state index in [9.17, 15) is 13.6 Å². The van der Waals surface area contributed by atoms with Gasteiger partial charge in [-0.1, -0.05) is 6.07 Å². The fourth-order valence-electron chi connectivity index (χ4n) is 3.72. The minimum Gasteiger partial charge on any atom is -0.493 e. The second-order valence-corrected chi connectivity index (χ2v) is 7.68. The number of alkyl halides is 2. The highest BCUT2D eigenvalue weighted by Gasteiger charge is 2.14. The van der Waals surface area contributed by atoms with Crippen molar-refractivity contribution < 1.29 is 23.0 Å². The molecule has 1 amide bonds. The number of rotatable bonds is 9. The summed E-state index contributed by atoms with van der Waals surface area (Å²) in [6, 6.07) is 12.7. The van der Waals surface area contributed by atoms with Crippen molar-refractivity contribution in [3.8, 4) is 11.5 Å². The molecule has 3 rings (SSSR count). The average molecular weight is 433 g/mol. The van der Waals surface area contributed by atoms with Crippen molar-refractivity contribution in [3.05, 3.63) is 48.0 Å². The zero-order valence-electron chi connectivity index (χ0n) is 17.9. The summed E-state index contributed by atoms with van der Waals surface area (Å²) >= 11 is 0. The molecule has 0 aromatic heterocycles. The fraction of sp³-hybridized carbons (Fsp3) is 0.435. The van der Waals surface area contributed by atoms with E-state index in [2.05, 4.69) is 15.0 Å². The molecule has 1 saturated heterocycles. The van der Waals surface area contributed by atoms with E-state index in [0.29, 0.717) is 6.54 Å². The van der Waals surface area contributed by atoms with E-state index in [1.165, 1.54) is 38.1 Å². The number of ether oxygens (including phenoxy) is 2. The number of methoxy groups -OCH3 is 1. The molecule has 0 unspecified atom stereocenters. The number of likely N-dealkylation sites (N-methyl/N-ethyl adjacent to an activating group) is 1. The Morgan fingerprint density at radius 1 is 1.10 bits per heavy atom. The zero-order valence-corrected chi connectivity index (χ0v) is 17.9. The van der Waals surface area contributed by atoms with Crippen LogP contribution in [-0.2, 0) is 11.3 Å². The molecule has 2 aromatic rings. The number of hydrogen-bond acceptors (Lipinski definition) is 5. The number of piperidine rings is 1. The second-order valence-electron chi connectivity index (χ2n) is 7.68. The summed E-state index contributed by atoms with van der Waals surface area (Å²) in [5.74, 6) is 0.0805. The van der Waals surface area contributed by atoms with Gasteiger partial charge in [-0.3, -0.25) is 9.69 Å². The Kier molecular flexibility index (Phi) is 8.06. The second kappa shape index (κ2) is 10.9. The summed E-state index contributed by atoms with van der Waals surface area (Å²) in [4.78, 5) is 16.6. The number of hydrogen-bond donors (Lipinski definition) is 1. The predicted molar refractivity (Wildman–Crippen MR) is 117 cm³/mol. The van der Waals surface area contributed by atoms with Gasteiger partial charge in [-0.25, -0.2) is 0 Å². The third kappa shape index (κ3) is 6.82. The number of nitrogens with one attached hydrogen (secondary N) is 1. The smallest absolute Gasteiger partial charge is 0.387 e. The zero-order chi connectivity index (χ0) is 22.2. The van der Waals surface area contributed by atoms with E-state index in [1.54, 1.807) is 12.1 Å². The van der Waals surface area contributed by atoms with E-state index in [1.807, 2.05) is 36.2 Å².